The fraction of sp³-hybridized carbons (Fsp3) is 0.538. The highest BCUT2D eigenvalue weighted by Crippen LogP contribution is 2.23. The zero-order valence-corrected chi connectivity index (χ0v) is 8.26. The molecule has 70 valence electrons. The molecule has 0 fully saturated rings. The van der Waals surface area contributed by atoms with Crippen LogP contribution in [0.3, 0.4) is 0 Å². The van der Waals surface area contributed by atoms with Gasteiger partial charge in [0.15, 0.2) is 0 Å². The molecule has 0 heteroatoms. The van der Waals surface area contributed by atoms with Crippen molar-refractivity contribution in [3.63, 3.8) is 0 Å². The zero-order chi connectivity index (χ0) is 8.93. The van der Waals surface area contributed by atoms with Gasteiger partial charge < -0.3 is 0 Å². The van der Waals surface area contributed by atoms with Crippen LogP contribution in [-0.2, 0) is 0 Å². The van der Waals surface area contributed by atoms with Gasteiger partial charge in [-0.25, -0.2) is 0 Å². The second kappa shape index (κ2) is 4.45. The van der Waals surface area contributed by atoms with Crippen LogP contribution in [0.4, 0.5) is 0 Å². The Labute approximate surface area is 81.0 Å². The van der Waals surface area contributed by atoms with Crippen molar-refractivity contribution >= 4 is 0 Å². The molecule has 0 atom stereocenters. The van der Waals surface area contributed by atoms with Crippen molar-refractivity contribution < 1.29 is 0 Å². The Bertz CT molecular complexity index is 253. The second-order valence-corrected chi connectivity index (χ2v) is 4.04. The summed E-state index contributed by atoms with van der Waals surface area (Å²) in [6.45, 7) is 0. The van der Waals surface area contributed by atoms with E-state index in [4.69, 9.17) is 0 Å². The maximum Gasteiger partial charge on any atom is -0.0276 e. The molecule has 0 amide bonds. The molecule has 0 aromatic heterocycles. The first-order valence-electron chi connectivity index (χ1n) is 5.51. The average molecular weight is 174 g/mol. The maximum atomic E-state index is 2.42. The summed E-state index contributed by atoms with van der Waals surface area (Å²) in [4.78, 5) is 0. The summed E-state index contributed by atoms with van der Waals surface area (Å²) in [7, 11) is 0. The van der Waals surface area contributed by atoms with Crippen LogP contribution in [0.25, 0.3) is 0 Å². The van der Waals surface area contributed by atoms with Crippen LogP contribution in [0, 0.1) is 0 Å². The van der Waals surface area contributed by atoms with E-state index >= 15 is 0 Å². The van der Waals surface area contributed by atoms with Crippen molar-refractivity contribution in [3.8, 4) is 0 Å². The fourth-order valence-corrected chi connectivity index (χ4v) is 2.09. The molecule has 0 spiro atoms. The molecule has 2 rings (SSSR count). The summed E-state index contributed by atoms with van der Waals surface area (Å²) >= 11 is 0. The van der Waals surface area contributed by atoms with Crippen molar-refractivity contribution in [2.45, 2.75) is 44.9 Å². The van der Waals surface area contributed by atoms with E-state index in [1.165, 1.54) is 44.9 Å². The van der Waals surface area contributed by atoms with E-state index in [0.717, 1.165) is 0 Å². The number of allylic oxidation sites excluding steroid dienone is 6. The molecule has 0 bridgehead atoms. The summed E-state index contributed by atoms with van der Waals surface area (Å²) in [5.41, 5.74) is 3.12. The second-order valence-electron chi connectivity index (χ2n) is 4.04. The molecule has 0 N–H and O–H groups in total. The molecule has 0 radical (unpaired) electrons. The third kappa shape index (κ3) is 2.58. The first-order valence-corrected chi connectivity index (χ1v) is 5.51. The van der Waals surface area contributed by atoms with Crippen molar-refractivity contribution in [2.75, 3.05) is 0 Å². The van der Waals surface area contributed by atoms with Crippen LogP contribution in [0.15, 0.2) is 35.5 Å². The van der Waals surface area contributed by atoms with Gasteiger partial charge in [-0.15, -0.1) is 0 Å². The van der Waals surface area contributed by atoms with Gasteiger partial charge in [0, 0.05) is 0 Å². The van der Waals surface area contributed by atoms with Gasteiger partial charge in [-0.2, -0.15) is 0 Å². The topological polar surface area (TPSA) is 0 Å². The Morgan fingerprint density at radius 2 is 2.00 bits per heavy atom. The van der Waals surface area contributed by atoms with Crippen molar-refractivity contribution in [2.24, 2.45) is 0 Å². The predicted molar refractivity (Wildman–Crippen MR) is 57.6 cm³/mol. The van der Waals surface area contributed by atoms with Gasteiger partial charge in [0.2, 0.25) is 0 Å². The first kappa shape index (κ1) is 8.80. The Balaban J connectivity index is 2.04. The third-order valence-corrected chi connectivity index (χ3v) is 2.87. The van der Waals surface area contributed by atoms with E-state index in [9.17, 15) is 0 Å². The molecule has 13 heavy (non-hydrogen) atoms. The largest absolute Gasteiger partial charge is 0.0843 e. The minimum absolute atomic E-state index is 1.27. The van der Waals surface area contributed by atoms with E-state index in [1.54, 1.807) is 11.1 Å². The van der Waals surface area contributed by atoms with Crippen LogP contribution in [0.5, 0.6) is 0 Å². The molecule has 0 nitrogen and oxygen atoms in total. The van der Waals surface area contributed by atoms with E-state index in [-0.39, 0.29) is 0 Å². The highest BCUT2D eigenvalue weighted by molar-refractivity contribution is 5.32. The van der Waals surface area contributed by atoms with Gasteiger partial charge in [0.1, 0.15) is 0 Å². The van der Waals surface area contributed by atoms with E-state index in [2.05, 4.69) is 24.3 Å². The summed E-state index contributed by atoms with van der Waals surface area (Å²) in [5.74, 6) is 0. The SMILES string of the molecule is C1=CC(=CC2=CCCCC2)CCC1. The molecule has 0 saturated carbocycles. The van der Waals surface area contributed by atoms with Gasteiger partial charge in [-0.05, 0) is 50.5 Å². The monoisotopic (exact) mass is 174 g/mol. The molecule has 0 heterocycles. The molecular weight excluding hydrogens is 156 g/mol. The standard InChI is InChI=1S/C13H18/c1-3-7-12(8-4-1)11-13-9-5-2-6-10-13/h3,7,9,11H,1-2,4-6,8,10H2. The normalized spacial score (nSPS) is 26.2. The minimum Gasteiger partial charge on any atom is -0.0843 e. The van der Waals surface area contributed by atoms with Crippen LogP contribution in [0.2, 0.25) is 0 Å². The van der Waals surface area contributed by atoms with E-state index in [0.29, 0.717) is 0 Å². The Kier molecular flexibility index (Phi) is 3.02. The lowest BCUT2D eigenvalue weighted by Gasteiger charge is -2.12. The molecule has 0 unspecified atom stereocenters. The van der Waals surface area contributed by atoms with Crippen molar-refractivity contribution in [3.05, 3.63) is 35.5 Å². The third-order valence-electron chi connectivity index (χ3n) is 2.87. The molecular formula is C13H18. The van der Waals surface area contributed by atoms with Gasteiger partial charge in [-0.3, -0.25) is 0 Å². The molecule has 2 aliphatic carbocycles. The van der Waals surface area contributed by atoms with Crippen LogP contribution >= 0.6 is 0 Å². The van der Waals surface area contributed by atoms with Gasteiger partial charge in [-0.1, -0.05) is 29.9 Å². The molecule has 0 saturated heterocycles. The van der Waals surface area contributed by atoms with E-state index < -0.39 is 0 Å². The van der Waals surface area contributed by atoms with E-state index in [1.807, 2.05) is 0 Å². The zero-order valence-electron chi connectivity index (χ0n) is 8.26. The molecule has 0 aromatic carbocycles. The van der Waals surface area contributed by atoms with Gasteiger partial charge >= 0.3 is 0 Å². The Morgan fingerprint density at radius 1 is 1.00 bits per heavy atom. The highest BCUT2D eigenvalue weighted by Gasteiger charge is 2.03. The molecule has 0 aliphatic heterocycles. The van der Waals surface area contributed by atoms with Gasteiger partial charge in [0.25, 0.3) is 0 Å². The van der Waals surface area contributed by atoms with Crippen molar-refractivity contribution in [1.29, 1.82) is 0 Å². The highest BCUT2D eigenvalue weighted by atomic mass is 14.1. The summed E-state index contributed by atoms with van der Waals surface area (Å²) in [5, 5.41) is 0. The van der Waals surface area contributed by atoms with Crippen molar-refractivity contribution in [1.82, 2.24) is 0 Å². The summed E-state index contributed by atoms with van der Waals surface area (Å²) in [6.07, 6.45) is 18.7. The average Bonchev–Trinajstić information content (AvgIpc) is 2.21. The quantitative estimate of drug-likeness (QED) is 0.560. The number of hydrogen-bond donors (Lipinski definition) is 0. The maximum absolute atomic E-state index is 2.42. The van der Waals surface area contributed by atoms with Crippen LogP contribution in [-0.4, -0.2) is 0 Å². The molecule has 0 aromatic rings. The Hall–Kier alpha value is -0.780. The summed E-state index contributed by atoms with van der Waals surface area (Å²) < 4.78 is 0. The van der Waals surface area contributed by atoms with Crippen LogP contribution < -0.4 is 0 Å². The van der Waals surface area contributed by atoms with Crippen LogP contribution in [0.1, 0.15) is 44.9 Å². The smallest absolute Gasteiger partial charge is 0.0276 e. The Morgan fingerprint density at radius 3 is 2.69 bits per heavy atom. The lowest BCUT2D eigenvalue weighted by molar-refractivity contribution is 0.710. The first-order chi connectivity index (χ1) is 6.45. The summed E-state index contributed by atoms with van der Waals surface area (Å²) in [6, 6.07) is 0. The number of rotatable bonds is 1. The number of hydrogen-bond acceptors (Lipinski definition) is 0. The lowest BCUT2D eigenvalue weighted by Crippen LogP contribution is -1.92. The fourth-order valence-electron chi connectivity index (χ4n) is 2.09. The lowest BCUT2D eigenvalue weighted by atomic mass is 9.94. The molecule has 2 aliphatic rings. The minimum atomic E-state index is 1.27. The predicted octanol–water partition coefficient (Wildman–Crippen LogP) is 4.15. The van der Waals surface area contributed by atoms with Gasteiger partial charge in [0.05, 0.1) is 0 Å².